The summed E-state index contributed by atoms with van der Waals surface area (Å²) >= 11 is 6.42. The van der Waals surface area contributed by atoms with Crippen LogP contribution < -0.4 is 15.1 Å². The number of carbonyl (C=O) groups is 1. The van der Waals surface area contributed by atoms with Crippen LogP contribution in [0.5, 0.6) is 5.95 Å². The maximum absolute atomic E-state index is 13.1. The highest BCUT2D eigenvalue weighted by atomic mass is 35.5. The van der Waals surface area contributed by atoms with E-state index in [9.17, 15) is 23.1 Å². The predicted octanol–water partition coefficient (Wildman–Crippen LogP) is 3.74. The van der Waals surface area contributed by atoms with Gasteiger partial charge in [0.05, 0.1) is 22.3 Å². The van der Waals surface area contributed by atoms with Gasteiger partial charge < -0.3 is 14.9 Å². The van der Waals surface area contributed by atoms with Gasteiger partial charge in [-0.2, -0.15) is 13.2 Å². The number of amides is 1. The number of halogens is 4. The first-order valence-corrected chi connectivity index (χ1v) is 9.47. The van der Waals surface area contributed by atoms with Gasteiger partial charge >= 0.3 is 6.18 Å². The lowest BCUT2D eigenvalue weighted by Gasteiger charge is -2.13. The van der Waals surface area contributed by atoms with Gasteiger partial charge in [-0.15, -0.1) is 0 Å². The summed E-state index contributed by atoms with van der Waals surface area (Å²) in [6.45, 7) is 1.89. The fraction of sp³-hybridized carbons (Fsp3) is 0.167. The highest BCUT2D eigenvalue weighted by Crippen LogP contribution is 2.36. The topological polar surface area (TPSA) is 82.1 Å². The zero-order chi connectivity index (χ0) is 21.2. The minimum atomic E-state index is -4.69. The minimum Gasteiger partial charge on any atom is -0.538 e. The van der Waals surface area contributed by atoms with Crippen molar-refractivity contribution >= 4 is 35.0 Å². The van der Waals surface area contributed by atoms with Gasteiger partial charge in [0.1, 0.15) is 0 Å². The van der Waals surface area contributed by atoms with Crippen molar-refractivity contribution in [2.75, 3.05) is 11.1 Å². The summed E-state index contributed by atoms with van der Waals surface area (Å²) in [7, 11) is 0. The molecule has 0 fully saturated rings. The smallest absolute Gasteiger partial charge is 0.418 e. The van der Waals surface area contributed by atoms with E-state index in [1.54, 1.807) is 12.1 Å². The molecule has 3 aromatic rings. The van der Waals surface area contributed by atoms with Gasteiger partial charge in [-0.05, 0) is 41.6 Å². The van der Waals surface area contributed by atoms with E-state index in [-0.39, 0.29) is 15.8 Å². The largest absolute Gasteiger partial charge is 0.538 e. The average molecular weight is 444 g/mol. The van der Waals surface area contributed by atoms with Crippen LogP contribution in [-0.2, 0) is 11.0 Å². The van der Waals surface area contributed by atoms with E-state index < -0.39 is 29.3 Å². The molecular formula is C18H13ClF3N3O3S. The van der Waals surface area contributed by atoms with Crippen LogP contribution in [0.4, 0.5) is 18.9 Å². The number of hydrogen-bond donors (Lipinski definition) is 1. The molecule has 6 nitrogen and oxygen atoms in total. The zero-order valence-electron chi connectivity index (χ0n) is 14.8. The summed E-state index contributed by atoms with van der Waals surface area (Å²) in [6.07, 6.45) is -4.69. The summed E-state index contributed by atoms with van der Waals surface area (Å²) in [5.74, 6) is -1.83. The van der Waals surface area contributed by atoms with E-state index in [2.05, 4.69) is 15.1 Å². The molecule has 1 heterocycles. The quantitative estimate of drug-likeness (QED) is 0.480. The number of thioether (sulfide) groups is 1. The van der Waals surface area contributed by atoms with Gasteiger partial charge in [0, 0.05) is 17.2 Å². The molecule has 0 saturated carbocycles. The first-order chi connectivity index (χ1) is 13.6. The lowest BCUT2D eigenvalue weighted by atomic mass is 10.1. The normalized spacial score (nSPS) is 11.5. The monoisotopic (exact) mass is 443 g/mol. The molecule has 0 atom stereocenters. The molecule has 0 aliphatic carbocycles. The fourth-order valence-corrected chi connectivity index (χ4v) is 3.32. The lowest BCUT2D eigenvalue weighted by Crippen LogP contribution is -2.35. The summed E-state index contributed by atoms with van der Waals surface area (Å²) in [6, 6.07) is 10.1. The first-order valence-electron chi connectivity index (χ1n) is 8.10. The Hall–Kier alpha value is -2.72. The third-order valence-corrected chi connectivity index (χ3v) is 5.01. The maximum Gasteiger partial charge on any atom is 0.418 e. The molecule has 0 aliphatic rings. The molecule has 11 heteroatoms. The average Bonchev–Trinajstić information content (AvgIpc) is 3.02. The Balaban J connectivity index is 1.75. The third kappa shape index (κ3) is 5.01. The van der Waals surface area contributed by atoms with Crippen LogP contribution in [0.15, 0.2) is 52.0 Å². The number of benzene rings is 2. The molecule has 2 aromatic carbocycles. The molecule has 152 valence electrons. The van der Waals surface area contributed by atoms with Gasteiger partial charge in [-0.25, -0.2) is 0 Å². The van der Waals surface area contributed by atoms with Crippen molar-refractivity contribution in [2.24, 2.45) is 0 Å². The Morgan fingerprint density at radius 3 is 2.62 bits per heavy atom. The molecule has 0 bridgehead atoms. The minimum absolute atomic E-state index is 0.0242. The Labute approximate surface area is 172 Å². The molecule has 29 heavy (non-hydrogen) atoms. The molecule has 0 radical (unpaired) electrons. The van der Waals surface area contributed by atoms with Crippen LogP contribution in [0.2, 0.25) is 5.02 Å². The zero-order valence-corrected chi connectivity index (χ0v) is 16.4. The lowest BCUT2D eigenvalue weighted by molar-refractivity contribution is -0.705. The van der Waals surface area contributed by atoms with Crippen molar-refractivity contribution in [3.05, 3.63) is 58.6 Å². The molecule has 1 amide bonds. The second-order valence-electron chi connectivity index (χ2n) is 5.94. The van der Waals surface area contributed by atoms with E-state index in [4.69, 9.17) is 11.6 Å². The Morgan fingerprint density at radius 1 is 1.28 bits per heavy atom. The van der Waals surface area contributed by atoms with Crippen molar-refractivity contribution in [2.45, 2.75) is 18.1 Å². The van der Waals surface area contributed by atoms with E-state index >= 15 is 0 Å². The van der Waals surface area contributed by atoms with Gasteiger partial charge in [0.2, 0.25) is 11.6 Å². The number of carbonyl (C=O) groups excluding carboxylic acids is 1. The Kier molecular flexibility index (Phi) is 6.04. The molecule has 0 spiro atoms. The van der Waals surface area contributed by atoms with E-state index in [1.165, 1.54) is 10.7 Å². The fourth-order valence-electron chi connectivity index (χ4n) is 2.39. The van der Waals surface area contributed by atoms with Crippen molar-refractivity contribution in [1.29, 1.82) is 0 Å². The molecular weight excluding hydrogens is 431 g/mol. The van der Waals surface area contributed by atoms with Crippen molar-refractivity contribution in [3.8, 4) is 11.6 Å². The Morgan fingerprint density at radius 2 is 1.97 bits per heavy atom. The molecule has 0 unspecified atom stereocenters. The summed E-state index contributed by atoms with van der Waals surface area (Å²) in [5.41, 5.74) is 0.0535. The third-order valence-electron chi connectivity index (χ3n) is 3.75. The summed E-state index contributed by atoms with van der Waals surface area (Å²) < 4.78 is 45.3. The Bertz CT molecular complexity index is 1040. The van der Waals surface area contributed by atoms with Crippen LogP contribution in [0, 0.1) is 6.92 Å². The van der Waals surface area contributed by atoms with Crippen LogP contribution in [0.25, 0.3) is 5.69 Å². The number of rotatable bonds is 5. The number of nitrogens with one attached hydrogen (secondary N) is 1. The van der Waals surface area contributed by atoms with Crippen molar-refractivity contribution in [3.63, 3.8) is 0 Å². The SMILES string of the molecule is Cc1ccc(-[n+]2noc([O-])c2SCC(=O)Nc2ccc(Cl)cc2C(F)(F)F)cc1. The van der Waals surface area contributed by atoms with E-state index in [1.807, 2.05) is 19.1 Å². The number of alkyl halides is 3. The molecule has 0 aliphatic heterocycles. The highest BCUT2D eigenvalue weighted by molar-refractivity contribution is 7.99. The number of nitrogens with zero attached hydrogens (tertiary/aromatic N) is 2. The standard InChI is InChI=1S/C18H13ClF3N3O3S/c1-10-2-5-12(6-3-10)25-16(17(27)28-24-25)29-9-15(26)23-14-7-4-11(19)8-13(14)18(20,21)22/h2-8H,9H2,1H3,(H-,23,24,26,27). The number of aromatic nitrogens is 2. The molecule has 0 saturated heterocycles. The van der Waals surface area contributed by atoms with Gasteiger partial charge in [0.25, 0.3) is 5.03 Å². The van der Waals surface area contributed by atoms with Crippen LogP contribution in [-0.4, -0.2) is 16.9 Å². The van der Waals surface area contributed by atoms with E-state index in [0.717, 1.165) is 29.5 Å². The van der Waals surface area contributed by atoms with Crippen LogP contribution in [0.1, 0.15) is 11.1 Å². The van der Waals surface area contributed by atoms with Crippen molar-refractivity contribution < 1.29 is 32.3 Å². The summed E-state index contributed by atoms with van der Waals surface area (Å²) in [5, 5.41) is 17.7. The van der Waals surface area contributed by atoms with Gasteiger partial charge in [-0.3, -0.25) is 4.79 Å². The predicted molar refractivity (Wildman–Crippen MR) is 98.0 cm³/mol. The molecule has 1 aromatic heterocycles. The second kappa shape index (κ2) is 8.34. The second-order valence-corrected chi connectivity index (χ2v) is 7.34. The molecule has 1 N–H and O–H groups in total. The number of anilines is 1. The maximum atomic E-state index is 13.1. The van der Waals surface area contributed by atoms with Crippen LogP contribution in [0.3, 0.4) is 0 Å². The first kappa shape index (κ1) is 21.0. The van der Waals surface area contributed by atoms with Gasteiger partial charge in [0.15, 0.2) is 5.95 Å². The van der Waals surface area contributed by atoms with Crippen molar-refractivity contribution in [1.82, 2.24) is 5.27 Å². The summed E-state index contributed by atoms with van der Waals surface area (Å²) in [4.78, 5) is 12.2. The molecule has 3 rings (SSSR count). The number of hydrogen-bond acceptors (Lipinski definition) is 5. The van der Waals surface area contributed by atoms with E-state index in [0.29, 0.717) is 5.69 Å². The highest BCUT2D eigenvalue weighted by Gasteiger charge is 2.34. The van der Waals surface area contributed by atoms with Gasteiger partial charge in [-0.1, -0.05) is 29.3 Å². The van der Waals surface area contributed by atoms with Crippen LogP contribution >= 0.6 is 23.4 Å². The number of aryl methyl sites for hydroxylation is 1.